The molecule has 2 aromatic rings. The number of halogens is 7. The van der Waals surface area contributed by atoms with Crippen molar-refractivity contribution in [3.8, 4) is 0 Å². The number of ketones is 1. The highest BCUT2D eigenvalue weighted by molar-refractivity contribution is 6.66. The summed E-state index contributed by atoms with van der Waals surface area (Å²) in [7, 11) is 0. The number of non-ortho nitro benzene ring substituents is 1. The van der Waals surface area contributed by atoms with Gasteiger partial charge in [-0.15, -0.1) is 23.2 Å². The van der Waals surface area contributed by atoms with Gasteiger partial charge >= 0.3 is 0 Å². The lowest BCUT2D eigenvalue weighted by Crippen LogP contribution is -2.56. The van der Waals surface area contributed by atoms with E-state index in [4.69, 9.17) is 81.2 Å². The molecule has 0 spiro atoms. The molecule has 1 saturated heterocycles. The Kier molecular flexibility index (Phi) is 7.15. The molecule has 0 unspecified atom stereocenters. The van der Waals surface area contributed by atoms with Gasteiger partial charge in [0.15, 0.2) is 10.1 Å². The molecule has 0 aromatic heterocycles. The number of rotatable bonds is 6. The van der Waals surface area contributed by atoms with Crippen molar-refractivity contribution in [2.24, 2.45) is 11.8 Å². The Morgan fingerprint density at radius 1 is 0.875 bits per heavy atom. The molecule has 5 rings (SSSR count). The third-order valence-corrected chi connectivity index (χ3v) is 11.6. The maximum absolute atomic E-state index is 13.9. The molecular weight excluding hydrogens is 674 g/mol. The molecule has 2 fully saturated rings. The highest BCUT2D eigenvalue weighted by Crippen LogP contribution is 2.77. The molecule has 3 amide bonds. The summed E-state index contributed by atoms with van der Waals surface area (Å²) < 4.78 is -2.20. The Bertz CT molecular complexity index is 1520. The number of nitro groups is 1. The third kappa shape index (κ3) is 3.75. The van der Waals surface area contributed by atoms with E-state index in [1.807, 2.05) is 0 Å². The lowest BCUT2D eigenvalue weighted by atomic mass is 9.84. The second kappa shape index (κ2) is 9.73. The van der Waals surface area contributed by atoms with Gasteiger partial charge in [0, 0.05) is 28.3 Å². The molecule has 4 atom stereocenters. The van der Waals surface area contributed by atoms with Crippen molar-refractivity contribution < 1.29 is 24.1 Å². The Hall–Kier alpha value is -2.11. The number of benzene rings is 2. The zero-order valence-electron chi connectivity index (χ0n) is 19.4. The summed E-state index contributed by atoms with van der Waals surface area (Å²) in [4.78, 5) is 60.9. The van der Waals surface area contributed by atoms with Crippen molar-refractivity contribution in [1.29, 1.82) is 0 Å². The number of imide groups is 1. The SMILES string of the molecule is O=C(CN(C(=O)c1ccc(Cl)cc1)N1C(=O)[C@H]2[C@H](C1=O)[C@@]1(Cl)C(Cl)=C(Cl)[C@@]2(Cl)C1(Cl)Cl)c1cccc([N+](=O)[O-])c1. The molecule has 208 valence electrons. The van der Waals surface area contributed by atoms with Gasteiger partial charge in [0.05, 0.1) is 26.8 Å². The van der Waals surface area contributed by atoms with Crippen LogP contribution < -0.4 is 0 Å². The van der Waals surface area contributed by atoms with Gasteiger partial charge in [-0.25, -0.2) is 5.01 Å². The number of hydrogen-bond acceptors (Lipinski definition) is 6. The van der Waals surface area contributed by atoms with Crippen molar-refractivity contribution in [3.63, 3.8) is 0 Å². The van der Waals surface area contributed by atoms with E-state index in [0.29, 0.717) is 15.0 Å². The minimum absolute atomic E-state index is 0.0451. The predicted octanol–water partition coefficient (Wildman–Crippen LogP) is 5.94. The number of allylic oxidation sites excluding steroid dienone is 2. The monoisotopic (exact) mass is 683 g/mol. The lowest BCUT2D eigenvalue weighted by molar-refractivity contribution is -0.384. The van der Waals surface area contributed by atoms with Crippen molar-refractivity contribution >= 4 is 110 Å². The molecule has 3 aliphatic rings. The molecule has 16 heteroatoms. The minimum Gasteiger partial charge on any atom is -0.292 e. The van der Waals surface area contributed by atoms with Crippen LogP contribution in [0.25, 0.3) is 0 Å². The molecule has 0 radical (unpaired) electrons. The van der Waals surface area contributed by atoms with Gasteiger partial charge in [-0.05, 0) is 24.3 Å². The third-order valence-electron chi connectivity index (χ3n) is 7.12. The maximum atomic E-state index is 13.9. The van der Waals surface area contributed by atoms with E-state index in [9.17, 15) is 29.3 Å². The second-order valence-corrected chi connectivity index (χ2v) is 12.9. The number of fused-ring (bicyclic) bond motifs is 5. The molecule has 2 aliphatic carbocycles. The number of nitrogens with zero attached hydrogens (tertiary/aromatic N) is 3. The molecular formula is C24H12Cl7N3O6. The van der Waals surface area contributed by atoms with E-state index < -0.39 is 60.9 Å². The van der Waals surface area contributed by atoms with Crippen LogP contribution in [-0.2, 0) is 9.59 Å². The number of Topliss-reactive ketones (excluding diaryl/α,β-unsaturated/α-hetero) is 1. The zero-order chi connectivity index (χ0) is 29.5. The summed E-state index contributed by atoms with van der Waals surface area (Å²) in [6, 6.07) is 10.1. The number of hydrazine groups is 1. The van der Waals surface area contributed by atoms with E-state index in [-0.39, 0.29) is 26.9 Å². The van der Waals surface area contributed by atoms with Gasteiger partial charge in [-0.1, -0.05) is 70.1 Å². The summed E-state index contributed by atoms with van der Waals surface area (Å²) in [6.45, 7) is -0.883. The van der Waals surface area contributed by atoms with Crippen molar-refractivity contribution in [2.75, 3.05) is 6.54 Å². The van der Waals surface area contributed by atoms with Gasteiger partial charge < -0.3 is 0 Å². The molecule has 9 nitrogen and oxygen atoms in total. The van der Waals surface area contributed by atoms with E-state index in [1.54, 1.807) is 0 Å². The number of nitro benzene ring substituents is 1. The normalized spacial score (nSPS) is 28.2. The lowest BCUT2D eigenvalue weighted by Gasteiger charge is -2.36. The number of hydrogen-bond donors (Lipinski definition) is 0. The Morgan fingerprint density at radius 3 is 1.90 bits per heavy atom. The summed E-state index contributed by atoms with van der Waals surface area (Å²) in [5, 5.41) is 11.9. The Morgan fingerprint density at radius 2 is 1.40 bits per heavy atom. The first-order valence-corrected chi connectivity index (χ1v) is 13.8. The van der Waals surface area contributed by atoms with E-state index in [2.05, 4.69) is 0 Å². The summed E-state index contributed by atoms with van der Waals surface area (Å²) >= 11 is 45.1. The van der Waals surface area contributed by atoms with Crippen LogP contribution in [0.15, 0.2) is 58.6 Å². The Labute approximate surface area is 260 Å². The van der Waals surface area contributed by atoms with E-state index >= 15 is 0 Å². The highest BCUT2D eigenvalue weighted by Gasteiger charge is 2.88. The quantitative estimate of drug-likeness (QED) is 0.122. The van der Waals surface area contributed by atoms with Crippen LogP contribution in [0.4, 0.5) is 5.69 Å². The zero-order valence-corrected chi connectivity index (χ0v) is 24.7. The van der Waals surface area contributed by atoms with Crippen LogP contribution in [0.2, 0.25) is 5.02 Å². The van der Waals surface area contributed by atoms with Crippen LogP contribution in [0.5, 0.6) is 0 Å². The minimum atomic E-state index is -2.20. The summed E-state index contributed by atoms with van der Waals surface area (Å²) in [5.74, 6) is -7.02. The first-order valence-electron chi connectivity index (χ1n) is 11.1. The summed E-state index contributed by atoms with van der Waals surface area (Å²) in [5.41, 5.74) is -0.584. The number of amides is 3. The molecule has 40 heavy (non-hydrogen) atoms. The van der Waals surface area contributed by atoms with E-state index in [1.165, 1.54) is 42.5 Å². The second-order valence-electron chi connectivity index (χ2n) is 9.17. The fourth-order valence-electron chi connectivity index (χ4n) is 5.21. The van der Waals surface area contributed by atoms with Crippen molar-refractivity contribution in [3.05, 3.63) is 84.9 Å². The average molecular weight is 687 g/mol. The maximum Gasteiger partial charge on any atom is 0.273 e. The largest absolute Gasteiger partial charge is 0.292 e. The smallest absolute Gasteiger partial charge is 0.273 e. The fraction of sp³-hybridized carbons (Fsp3) is 0.250. The first kappa shape index (κ1) is 29.4. The standard InChI is InChI=1S/C24H12Cl7N3O6/c25-12-6-4-10(5-7-12)19(36)32(9-14(35)11-2-1-3-13(8-11)34(39)40)33-20(37)15-16(21(33)38)23(29)18(27)17(26)22(15,28)24(23,30)31/h1-8,15-16H,9H2/t15-,16-,22-,23-/m1/s1. The first-order chi connectivity index (χ1) is 18.6. The molecule has 1 saturated carbocycles. The summed E-state index contributed by atoms with van der Waals surface area (Å²) in [6.07, 6.45) is 0. The number of alkyl halides is 4. The number of carbonyl (C=O) groups excluding carboxylic acids is 4. The van der Waals surface area contributed by atoms with Crippen LogP contribution >= 0.6 is 81.2 Å². The molecule has 2 aromatic carbocycles. The van der Waals surface area contributed by atoms with Gasteiger partial charge in [0.1, 0.15) is 16.3 Å². The van der Waals surface area contributed by atoms with Gasteiger partial charge in [-0.3, -0.25) is 29.3 Å². The number of carbonyl (C=O) groups is 4. The highest BCUT2D eigenvalue weighted by atomic mass is 35.5. The van der Waals surface area contributed by atoms with Crippen LogP contribution in [0, 0.1) is 22.0 Å². The molecule has 2 bridgehead atoms. The predicted molar refractivity (Wildman–Crippen MR) is 149 cm³/mol. The van der Waals surface area contributed by atoms with Crippen LogP contribution in [0.1, 0.15) is 20.7 Å². The molecule has 1 aliphatic heterocycles. The topological polar surface area (TPSA) is 118 Å². The average Bonchev–Trinajstić information content (AvgIpc) is 3.30. The van der Waals surface area contributed by atoms with Gasteiger partial charge in [0.2, 0.25) is 0 Å². The van der Waals surface area contributed by atoms with Crippen molar-refractivity contribution in [2.45, 2.75) is 14.1 Å². The molecule has 0 N–H and O–H groups in total. The van der Waals surface area contributed by atoms with Crippen LogP contribution in [0.3, 0.4) is 0 Å². The van der Waals surface area contributed by atoms with Crippen molar-refractivity contribution in [1.82, 2.24) is 10.0 Å². The Balaban J connectivity index is 1.59. The van der Waals surface area contributed by atoms with Gasteiger partial charge in [0.25, 0.3) is 23.4 Å². The fourth-order valence-corrected chi connectivity index (χ4v) is 8.27. The van der Waals surface area contributed by atoms with E-state index in [0.717, 1.165) is 6.07 Å². The van der Waals surface area contributed by atoms with Gasteiger partial charge in [-0.2, -0.15) is 5.01 Å². The van der Waals surface area contributed by atoms with Crippen LogP contribution in [-0.4, -0.2) is 59.1 Å². The molecule has 1 heterocycles.